The van der Waals surface area contributed by atoms with E-state index in [9.17, 15) is 21.1 Å². The summed E-state index contributed by atoms with van der Waals surface area (Å²) >= 11 is 0. The van der Waals surface area contributed by atoms with E-state index in [0.29, 0.717) is 0 Å². The van der Waals surface area contributed by atoms with E-state index in [1.54, 1.807) is 0 Å². The van der Waals surface area contributed by atoms with Crippen LogP contribution in [0.1, 0.15) is 5.56 Å². The van der Waals surface area contributed by atoms with E-state index in [0.717, 1.165) is 24.3 Å². The first-order valence-corrected chi connectivity index (χ1v) is 5.75. The molecule has 1 rings (SSSR count). The number of hydrogen-bond acceptors (Lipinski definition) is 3. The molecule has 1 aromatic carbocycles. The maximum Gasteiger partial charge on any atom is 0.806 e. The number of rotatable bonds is 4. The number of benzene rings is 1. The fraction of sp³-hybridized carbons (Fsp3) is 0.250. The molecule has 0 aliphatic rings. The molecule has 3 nitrogen and oxygen atoms in total. The Labute approximate surface area is 93.7 Å². The van der Waals surface area contributed by atoms with Gasteiger partial charge in [0.1, 0.15) is 0 Å². The second-order valence-electron chi connectivity index (χ2n) is 3.10. The van der Waals surface area contributed by atoms with Crippen LogP contribution in [0.5, 0.6) is 0 Å². The van der Waals surface area contributed by atoms with Crippen molar-refractivity contribution in [2.75, 3.05) is 0 Å². The van der Waals surface area contributed by atoms with Crippen LogP contribution in [0.2, 0.25) is 0 Å². The second-order valence-corrected chi connectivity index (χ2v) is 4.19. The van der Waals surface area contributed by atoms with Crippen molar-refractivity contribution < 1.29 is 35.7 Å². The third-order valence-corrected chi connectivity index (χ3v) is 2.32. The Morgan fingerprint density at radius 1 is 1.00 bits per heavy atom. The summed E-state index contributed by atoms with van der Waals surface area (Å²) < 4.78 is 65.0. The Morgan fingerprint density at radius 2 is 1.47 bits per heavy atom. The molecule has 17 heavy (non-hydrogen) atoms. The van der Waals surface area contributed by atoms with Crippen LogP contribution in [0, 0.1) is 0 Å². The molecule has 0 aliphatic heterocycles. The Morgan fingerprint density at radius 3 is 1.88 bits per heavy atom. The zero-order valence-electron chi connectivity index (χ0n) is 8.08. The summed E-state index contributed by atoms with van der Waals surface area (Å²) in [5.74, 6) is -9.21. The molecule has 9 heteroatoms. The molecule has 0 atom stereocenters. The van der Waals surface area contributed by atoms with Crippen molar-refractivity contribution in [1.29, 1.82) is 0 Å². The number of hydrogen-bond donors (Lipinski definition) is 2. The van der Waals surface area contributed by atoms with Gasteiger partial charge in [-0.25, -0.2) is 12.3 Å². The van der Waals surface area contributed by atoms with Gasteiger partial charge in [-0.2, -0.15) is 8.78 Å². The summed E-state index contributed by atoms with van der Waals surface area (Å²) in [5.41, 5.74) is -0.997. The summed E-state index contributed by atoms with van der Waals surface area (Å²) in [7, 11) is -7.02. The van der Waals surface area contributed by atoms with Crippen LogP contribution in [0.3, 0.4) is 0 Å². The van der Waals surface area contributed by atoms with Gasteiger partial charge in [-0.1, -0.05) is 30.3 Å². The molecule has 0 saturated heterocycles. The molecule has 2 N–H and O–H groups in total. The van der Waals surface area contributed by atoms with Crippen LogP contribution in [0.4, 0.5) is 21.1 Å². The van der Waals surface area contributed by atoms with Crippen LogP contribution in [-0.4, -0.2) is 25.5 Å². The normalized spacial score (nSPS) is 13.8. The minimum atomic E-state index is -7.02. The summed E-state index contributed by atoms with van der Waals surface area (Å²) in [5, 5.41) is 17.5. The number of alkyl halides is 2. The van der Waals surface area contributed by atoms with Crippen LogP contribution < -0.4 is 0 Å². The molecule has 0 radical (unpaired) electrons. The Hall–Kier alpha value is -1.03. The Kier molecular flexibility index (Phi) is 3.57. The van der Waals surface area contributed by atoms with Gasteiger partial charge < -0.3 is 10.2 Å². The molecule has 0 saturated carbocycles. The van der Waals surface area contributed by atoms with E-state index in [1.165, 1.54) is 6.07 Å². The molecule has 0 heterocycles. The lowest BCUT2D eigenvalue weighted by Crippen LogP contribution is -2.52. The molecule has 0 aliphatic carbocycles. The van der Waals surface area contributed by atoms with Gasteiger partial charge in [0.25, 0.3) is 0 Å². The van der Waals surface area contributed by atoms with Gasteiger partial charge in [0.2, 0.25) is 0 Å². The highest BCUT2D eigenvalue weighted by molar-refractivity contribution is 6.51. The lowest BCUT2D eigenvalue weighted by molar-refractivity contribution is -0.408. The highest BCUT2D eigenvalue weighted by Gasteiger charge is 2.62. The van der Waals surface area contributed by atoms with Crippen LogP contribution in [0.25, 0.3) is 0 Å². The van der Waals surface area contributed by atoms with E-state index in [2.05, 4.69) is 4.43 Å². The van der Waals surface area contributed by atoms with Gasteiger partial charge in [-0.15, -0.1) is 0 Å². The van der Waals surface area contributed by atoms with Crippen LogP contribution in [0.15, 0.2) is 30.3 Å². The minimum absolute atomic E-state index is 0.752. The van der Waals surface area contributed by atoms with Crippen molar-refractivity contribution >= 4 is 9.32 Å². The minimum Gasteiger partial charge on any atom is -0.339 e. The van der Waals surface area contributed by atoms with Crippen molar-refractivity contribution in [2.45, 2.75) is 11.9 Å². The van der Waals surface area contributed by atoms with Gasteiger partial charge >= 0.3 is 21.2 Å². The first-order chi connectivity index (χ1) is 7.56. The fourth-order valence-electron chi connectivity index (χ4n) is 1.06. The largest absolute Gasteiger partial charge is 0.806 e. The van der Waals surface area contributed by atoms with Crippen molar-refractivity contribution in [3.63, 3.8) is 0 Å². The number of aliphatic hydroxyl groups is 2. The molecule has 96 valence electrons. The second kappa shape index (κ2) is 4.33. The molecular weight excluding hydrogens is 267 g/mol. The van der Waals surface area contributed by atoms with Gasteiger partial charge in [-0.05, 0) is 0 Å². The SMILES string of the molecule is OC(O)(O[Si](F)(F)F)C(F)(F)c1ccccc1. The molecular formula is C8H7F5O3Si. The average Bonchev–Trinajstić information content (AvgIpc) is 2.15. The van der Waals surface area contributed by atoms with Crippen LogP contribution in [-0.2, 0) is 10.3 Å². The first kappa shape index (κ1) is 14.0. The smallest absolute Gasteiger partial charge is 0.339 e. The summed E-state index contributed by atoms with van der Waals surface area (Å²) in [6.07, 6.45) is 0. The lowest BCUT2D eigenvalue weighted by Gasteiger charge is -2.30. The standard InChI is InChI=1S/C8H7F5O3Si/c9-7(10,6-4-2-1-3-5-6)8(14,15)16-17(11,12)13/h1-5,14-15H. The van der Waals surface area contributed by atoms with Gasteiger partial charge in [0, 0.05) is 5.56 Å². The van der Waals surface area contributed by atoms with Gasteiger partial charge in [-0.3, -0.25) is 4.43 Å². The van der Waals surface area contributed by atoms with E-state index >= 15 is 0 Å². The summed E-state index contributed by atoms with van der Waals surface area (Å²) in [6.45, 7) is 0. The topological polar surface area (TPSA) is 49.7 Å². The quantitative estimate of drug-likeness (QED) is 0.381. The number of halogens is 5. The predicted molar refractivity (Wildman–Crippen MR) is 47.7 cm³/mol. The summed E-state index contributed by atoms with van der Waals surface area (Å²) in [6, 6.07) is 5.08. The molecule has 1 aromatic rings. The first-order valence-electron chi connectivity index (χ1n) is 4.21. The van der Waals surface area contributed by atoms with Crippen molar-refractivity contribution in [3.05, 3.63) is 35.9 Å². The zero-order valence-corrected chi connectivity index (χ0v) is 9.08. The highest BCUT2D eigenvalue weighted by Crippen LogP contribution is 2.40. The van der Waals surface area contributed by atoms with Crippen LogP contribution >= 0.6 is 0 Å². The maximum atomic E-state index is 13.4. The maximum absolute atomic E-state index is 13.4. The van der Waals surface area contributed by atoms with Gasteiger partial charge in [0.05, 0.1) is 0 Å². The molecule has 0 amide bonds. The molecule has 0 fully saturated rings. The average molecular weight is 274 g/mol. The lowest BCUT2D eigenvalue weighted by atomic mass is 10.1. The van der Waals surface area contributed by atoms with Gasteiger partial charge in [0.15, 0.2) is 0 Å². The predicted octanol–water partition coefficient (Wildman–Crippen LogP) is 1.78. The Bertz CT molecular complexity index is 378. The highest BCUT2D eigenvalue weighted by atomic mass is 28.5. The molecule has 0 unspecified atom stereocenters. The van der Waals surface area contributed by atoms with Crippen molar-refractivity contribution in [2.24, 2.45) is 0 Å². The Balaban J connectivity index is 3.05. The fourth-order valence-corrected chi connectivity index (χ4v) is 1.51. The molecule has 0 spiro atoms. The third-order valence-electron chi connectivity index (χ3n) is 1.80. The third kappa shape index (κ3) is 3.22. The zero-order chi connectivity index (χ0) is 13.3. The van der Waals surface area contributed by atoms with E-state index < -0.39 is 26.8 Å². The van der Waals surface area contributed by atoms with Crippen molar-refractivity contribution in [1.82, 2.24) is 0 Å². The molecule has 0 aromatic heterocycles. The summed E-state index contributed by atoms with van der Waals surface area (Å²) in [4.78, 5) is 0. The van der Waals surface area contributed by atoms with E-state index in [4.69, 9.17) is 10.2 Å². The van der Waals surface area contributed by atoms with E-state index in [-0.39, 0.29) is 0 Å². The monoisotopic (exact) mass is 274 g/mol. The van der Waals surface area contributed by atoms with E-state index in [1.807, 2.05) is 0 Å². The molecule has 0 bridgehead atoms. The van der Waals surface area contributed by atoms with Crippen molar-refractivity contribution in [3.8, 4) is 0 Å².